The average molecular weight is 280 g/mol. The van der Waals surface area contributed by atoms with Crippen LogP contribution in [0.5, 0.6) is 0 Å². The fourth-order valence-corrected chi connectivity index (χ4v) is 2.17. The number of hydrogen-bond donors (Lipinski definition) is 0. The smallest absolute Gasteiger partial charge is 0.249 e. The van der Waals surface area contributed by atoms with Gasteiger partial charge in [-0.1, -0.05) is 17.8 Å². The quantitative estimate of drug-likeness (QED) is 0.830. The molecule has 1 heterocycles. The van der Waals surface area contributed by atoms with Gasteiger partial charge in [-0.25, -0.2) is 4.98 Å². The van der Waals surface area contributed by atoms with Crippen molar-refractivity contribution in [2.45, 2.75) is 16.1 Å². The molecule has 0 spiro atoms. The summed E-state index contributed by atoms with van der Waals surface area (Å²) in [5.74, 6) is 0. The second kappa shape index (κ2) is 5.33. The Morgan fingerprint density at radius 2 is 1.95 bits per heavy atom. The maximum Gasteiger partial charge on any atom is 0.417 e. The molecule has 6 heteroatoms. The van der Waals surface area contributed by atoms with Crippen molar-refractivity contribution in [3.63, 3.8) is 0 Å². The number of rotatable bonds is 2. The van der Waals surface area contributed by atoms with E-state index in [2.05, 4.69) is 4.98 Å². The van der Waals surface area contributed by atoms with Gasteiger partial charge in [-0.05, 0) is 30.3 Å². The Hall–Kier alpha value is -2.00. The minimum atomic E-state index is -4.38. The lowest BCUT2D eigenvalue weighted by Crippen LogP contribution is -2.04. The molecule has 0 bridgehead atoms. The molecule has 0 aliphatic heterocycles. The summed E-state index contributed by atoms with van der Waals surface area (Å²) in [6.45, 7) is 0. The molecule has 0 aliphatic carbocycles. The number of nitrogens with zero attached hydrogens (tertiary/aromatic N) is 2. The van der Waals surface area contributed by atoms with E-state index in [-0.39, 0.29) is 0 Å². The molecule has 96 valence electrons. The first kappa shape index (κ1) is 13.4. The Morgan fingerprint density at radius 1 is 1.16 bits per heavy atom. The van der Waals surface area contributed by atoms with Crippen LogP contribution in [0.2, 0.25) is 0 Å². The molecule has 0 atom stereocenters. The van der Waals surface area contributed by atoms with E-state index < -0.39 is 11.7 Å². The zero-order valence-electron chi connectivity index (χ0n) is 9.48. The van der Waals surface area contributed by atoms with Gasteiger partial charge in [0.15, 0.2) is 0 Å². The van der Waals surface area contributed by atoms with Crippen LogP contribution in [-0.4, -0.2) is 4.98 Å². The first-order valence-corrected chi connectivity index (χ1v) is 6.02. The lowest BCUT2D eigenvalue weighted by Gasteiger charge is -2.06. The van der Waals surface area contributed by atoms with Crippen LogP contribution in [-0.2, 0) is 6.18 Å². The normalized spacial score (nSPS) is 11.1. The van der Waals surface area contributed by atoms with Crippen molar-refractivity contribution < 1.29 is 13.2 Å². The molecule has 0 saturated heterocycles. The molecular weight excluding hydrogens is 273 g/mol. The molecule has 0 N–H and O–H groups in total. The zero-order chi connectivity index (χ0) is 13.9. The number of halogens is 3. The van der Waals surface area contributed by atoms with Crippen molar-refractivity contribution in [3.05, 3.63) is 53.7 Å². The lowest BCUT2D eigenvalue weighted by molar-refractivity contribution is -0.137. The molecule has 0 radical (unpaired) electrons. The molecule has 2 aromatic rings. The van der Waals surface area contributed by atoms with E-state index in [0.29, 0.717) is 10.6 Å². The van der Waals surface area contributed by atoms with E-state index in [1.54, 1.807) is 24.3 Å². The largest absolute Gasteiger partial charge is 0.417 e. The Labute approximate surface area is 111 Å². The van der Waals surface area contributed by atoms with Gasteiger partial charge in [0.1, 0.15) is 5.03 Å². The van der Waals surface area contributed by atoms with E-state index in [1.165, 1.54) is 17.8 Å². The molecule has 1 aromatic heterocycles. The highest BCUT2D eigenvalue weighted by Crippen LogP contribution is 2.31. The van der Waals surface area contributed by atoms with Crippen molar-refractivity contribution in [3.8, 4) is 6.07 Å². The topological polar surface area (TPSA) is 36.7 Å². The number of nitriles is 1. The molecule has 0 saturated carbocycles. The fourth-order valence-electron chi connectivity index (χ4n) is 1.36. The van der Waals surface area contributed by atoms with E-state index in [4.69, 9.17) is 5.26 Å². The summed E-state index contributed by atoms with van der Waals surface area (Å²) >= 11 is 1.21. The predicted molar refractivity (Wildman–Crippen MR) is 64.5 cm³/mol. The van der Waals surface area contributed by atoms with Gasteiger partial charge in [-0.15, -0.1) is 0 Å². The maximum absolute atomic E-state index is 12.4. The van der Waals surface area contributed by atoms with Crippen LogP contribution in [0.1, 0.15) is 11.1 Å². The first-order chi connectivity index (χ1) is 8.99. The molecule has 0 unspecified atom stereocenters. The number of alkyl halides is 3. The van der Waals surface area contributed by atoms with E-state index in [0.717, 1.165) is 17.2 Å². The van der Waals surface area contributed by atoms with E-state index in [9.17, 15) is 13.2 Å². The van der Waals surface area contributed by atoms with E-state index in [1.807, 2.05) is 6.07 Å². The van der Waals surface area contributed by atoms with Gasteiger partial charge in [0, 0.05) is 11.1 Å². The van der Waals surface area contributed by atoms with Crippen molar-refractivity contribution >= 4 is 11.8 Å². The molecule has 2 rings (SSSR count). The van der Waals surface area contributed by atoms with Crippen LogP contribution >= 0.6 is 11.8 Å². The van der Waals surface area contributed by atoms with Gasteiger partial charge < -0.3 is 0 Å². The summed E-state index contributed by atoms with van der Waals surface area (Å²) in [6.07, 6.45) is -3.58. The number of pyridine rings is 1. The van der Waals surface area contributed by atoms with Crippen LogP contribution < -0.4 is 0 Å². The predicted octanol–water partition coefficient (Wildman–Crippen LogP) is 4.12. The van der Waals surface area contributed by atoms with Gasteiger partial charge in [-0.2, -0.15) is 18.4 Å². The Balaban J connectivity index is 2.18. The minimum absolute atomic E-state index is 0.447. The molecule has 2 nitrogen and oxygen atoms in total. The molecule has 0 fully saturated rings. The summed E-state index contributed by atoms with van der Waals surface area (Å²) in [7, 11) is 0. The van der Waals surface area contributed by atoms with Gasteiger partial charge in [0.05, 0.1) is 17.2 Å². The first-order valence-electron chi connectivity index (χ1n) is 5.20. The third-order valence-electron chi connectivity index (χ3n) is 2.25. The highest BCUT2D eigenvalue weighted by molar-refractivity contribution is 7.99. The Kier molecular flexibility index (Phi) is 3.76. The van der Waals surface area contributed by atoms with Crippen LogP contribution in [0.3, 0.4) is 0 Å². The number of hydrogen-bond acceptors (Lipinski definition) is 3. The fraction of sp³-hybridized carbons (Fsp3) is 0.0769. The van der Waals surface area contributed by atoms with Crippen LogP contribution in [0.15, 0.2) is 52.5 Å². The lowest BCUT2D eigenvalue weighted by atomic mass is 10.2. The molecule has 0 aliphatic rings. The molecule has 19 heavy (non-hydrogen) atoms. The number of aromatic nitrogens is 1. The second-order valence-electron chi connectivity index (χ2n) is 3.62. The minimum Gasteiger partial charge on any atom is -0.249 e. The Morgan fingerprint density at radius 3 is 2.53 bits per heavy atom. The van der Waals surface area contributed by atoms with Crippen molar-refractivity contribution in [2.24, 2.45) is 0 Å². The van der Waals surface area contributed by atoms with Gasteiger partial charge in [0.25, 0.3) is 0 Å². The second-order valence-corrected chi connectivity index (χ2v) is 4.72. The highest BCUT2D eigenvalue weighted by Gasteiger charge is 2.30. The van der Waals surface area contributed by atoms with Crippen molar-refractivity contribution in [2.75, 3.05) is 0 Å². The summed E-state index contributed by atoms with van der Waals surface area (Å²) in [6, 6.07) is 11.1. The summed E-state index contributed by atoms with van der Waals surface area (Å²) in [4.78, 5) is 4.51. The SMILES string of the molecule is N#Cc1cccc(Sc2ccc(C(F)(F)F)cn2)c1. The van der Waals surface area contributed by atoms with E-state index >= 15 is 0 Å². The van der Waals surface area contributed by atoms with Crippen LogP contribution in [0.25, 0.3) is 0 Å². The summed E-state index contributed by atoms with van der Waals surface area (Å²) < 4.78 is 37.1. The Bertz CT molecular complexity index is 615. The zero-order valence-corrected chi connectivity index (χ0v) is 10.3. The van der Waals surface area contributed by atoms with Gasteiger partial charge >= 0.3 is 6.18 Å². The summed E-state index contributed by atoms with van der Waals surface area (Å²) in [5, 5.41) is 9.20. The average Bonchev–Trinajstić information content (AvgIpc) is 2.38. The monoisotopic (exact) mass is 280 g/mol. The molecule has 0 amide bonds. The number of benzene rings is 1. The van der Waals surface area contributed by atoms with Gasteiger partial charge in [-0.3, -0.25) is 0 Å². The van der Waals surface area contributed by atoms with Crippen molar-refractivity contribution in [1.29, 1.82) is 5.26 Å². The maximum atomic E-state index is 12.4. The third-order valence-corrected chi connectivity index (χ3v) is 3.19. The van der Waals surface area contributed by atoms with Gasteiger partial charge in [0.2, 0.25) is 0 Å². The van der Waals surface area contributed by atoms with Crippen molar-refractivity contribution in [1.82, 2.24) is 4.98 Å². The summed E-state index contributed by atoms with van der Waals surface area (Å²) in [5.41, 5.74) is -0.278. The van der Waals surface area contributed by atoms with Crippen LogP contribution in [0.4, 0.5) is 13.2 Å². The third kappa shape index (κ3) is 3.48. The molecule has 1 aromatic carbocycles. The van der Waals surface area contributed by atoms with Crippen LogP contribution in [0, 0.1) is 11.3 Å². The molecular formula is C13H7F3N2S. The highest BCUT2D eigenvalue weighted by atomic mass is 32.2. The standard InChI is InChI=1S/C13H7F3N2S/c14-13(15,16)10-4-5-12(18-8-10)19-11-3-1-2-9(6-11)7-17/h1-6,8H.